The van der Waals surface area contributed by atoms with Gasteiger partial charge >= 0.3 is 0 Å². The highest BCUT2D eigenvalue weighted by Gasteiger charge is 2.17. The van der Waals surface area contributed by atoms with E-state index in [1.54, 1.807) is 7.11 Å². The number of methoxy groups -OCH3 is 1. The van der Waals surface area contributed by atoms with Crippen molar-refractivity contribution in [3.8, 4) is 5.75 Å². The monoisotopic (exact) mass is 345 g/mol. The van der Waals surface area contributed by atoms with Crippen molar-refractivity contribution in [3.05, 3.63) is 95.6 Å². The molecule has 1 atom stereocenters. The Hall–Kier alpha value is -3.07. The summed E-state index contributed by atoms with van der Waals surface area (Å²) in [5.74, 6) is 0.923. The number of hydrogen-bond donors (Lipinski definition) is 1. The number of carbonyl (C=O) groups excluding carboxylic acids is 1. The maximum Gasteiger partial charge on any atom is 0.165 e. The normalized spacial score (nSPS) is 11.6. The number of rotatable bonds is 7. The molecule has 3 rings (SSSR count). The Morgan fingerprint density at radius 1 is 0.923 bits per heavy atom. The van der Waals surface area contributed by atoms with E-state index < -0.39 is 0 Å². The molecule has 0 aliphatic heterocycles. The van der Waals surface area contributed by atoms with E-state index in [-0.39, 0.29) is 11.8 Å². The first-order valence-electron chi connectivity index (χ1n) is 8.71. The molecule has 1 N–H and O–H groups in total. The molecule has 1 unspecified atom stereocenters. The number of carbonyl (C=O) groups is 1. The van der Waals surface area contributed by atoms with Gasteiger partial charge in [-0.15, -0.1) is 0 Å². The zero-order chi connectivity index (χ0) is 18.4. The second-order valence-electron chi connectivity index (χ2n) is 6.33. The minimum atomic E-state index is -0.114. The van der Waals surface area contributed by atoms with Gasteiger partial charge in [0.05, 0.1) is 13.2 Å². The SMILES string of the molecule is COc1ccc(C(CC(=O)c2ccc(C)cc2)Nc2ccccc2)cc1. The van der Waals surface area contributed by atoms with Crippen molar-refractivity contribution in [1.29, 1.82) is 0 Å². The van der Waals surface area contributed by atoms with E-state index in [1.165, 1.54) is 0 Å². The summed E-state index contributed by atoms with van der Waals surface area (Å²) in [5, 5.41) is 3.48. The molecule has 26 heavy (non-hydrogen) atoms. The topological polar surface area (TPSA) is 38.3 Å². The molecule has 0 bridgehead atoms. The Morgan fingerprint density at radius 3 is 2.19 bits per heavy atom. The van der Waals surface area contributed by atoms with E-state index in [1.807, 2.05) is 85.8 Å². The highest BCUT2D eigenvalue weighted by atomic mass is 16.5. The van der Waals surface area contributed by atoms with Gasteiger partial charge in [-0.05, 0) is 36.8 Å². The minimum absolute atomic E-state index is 0.114. The molecule has 0 saturated carbocycles. The number of nitrogens with one attached hydrogen (secondary N) is 1. The van der Waals surface area contributed by atoms with Crippen LogP contribution in [0.1, 0.15) is 33.9 Å². The first-order valence-corrected chi connectivity index (χ1v) is 8.71. The van der Waals surface area contributed by atoms with Gasteiger partial charge in [0.15, 0.2) is 5.78 Å². The van der Waals surface area contributed by atoms with Gasteiger partial charge in [-0.1, -0.05) is 60.2 Å². The molecule has 3 aromatic rings. The third kappa shape index (κ3) is 4.51. The molecular weight excluding hydrogens is 322 g/mol. The summed E-state index contributed by atoms with van der Waals surface area (Å²) in [4.78, 5) is 12.8. The van der Waals surface area contributed by atoms with Crippen LogP contribution in [-0.4, -0.2) is 12.9 Å². The van der Waals surface area contributed by atoms with Gasteiger partial charge in [0.1, 0.15) is 5.75 Å². The highest BCUT2D eigenvalue weighted by Crippen LogP contribution is 2.26. The van der Waals surface area contributed by atoms with Gasteiger partial charge in [0.25, 0.3) is 0 Å². The summed E-state index contributed by atoms with van der Waals surface area (Å²) in [6.07, 6.45) is 0.379. The molecule has 0 aromatic heterocycles. The van der Waals surface area contributed by atoms with E-state index >= 15 is 0 Å². The van der Waals surface area contributed by atoms with Crippen molar-refractivity contribution in [3.63, 3.8) is 0 Å². The first-order chi connectivity index (χ1) is 12.7. The van der Waals surface area contributed by atoms with Crippen LogP contribution in [0.25, 0.3) is 0 Å². The van der Waals surface area contributed by atoms with Crippen molar-refractivity contribution >= 4 is 11.5 Å². The Morgan fingerprint density at radius 2 is 1.58 bits per heavy atom. The fourth-order valence-electron chi connectivity index (χ4n) is 2.87. The lowest BCUT2D eigenvalue weighted by atomic mass is 9.97. The number of aryl methyl sites for hydroxylation is 1. The fraction of sp³-hybridized carbons (Fsp3) is 0.174. The number of Topliss-reactive ketones (excluding diaryl/α,β-unsaturated/α-hetero) is 1. The zero-order valence-electron chi connectivity index (χ0n) is 15.1. The predicted octanol–water partition coefficient (Wildman–Crippen LogP) is 5.43. The Balaban J connectivity index is 1.83. The Kier molecular flexibility index (Phi) is 5.69. The van der Waals surface area contributed by atoms with E-state index in [4.69, 9.17) is 4.74 Å². The second-order valence-corrected chi connectivity index (χ2v) is 6.33. The third-order valence-corrected chi connectivity index (χ3v) is 4.40. The molecule has 3 heteroatoms. The molecule has 0 saturated heterocycles. The van der Waals surface area contributed by atoms with Gasteiger partial charge in [0, 0.05) is 17.7 Å². The Bertz CT molecular complexity index is 840. The molecule has 0 aliphatic rings. The van der Waals surface area contributed by atoms with Crippen molar-refractivity contribution in [1.82, 2.24) is 0 Å². The van der Waals surface area contributed by atoms with Crippen LogP contribution in [0.3, 0.4) is 0 Å². The van der Waals surface area contributed by atoms with Crippen LogP contribution in [0.2, 0.25) is 0 Å². The van der Waals surface area contributed by atoms with E-state index in [0.717, 1.165) is 28.1 Å². The third-order valence-electron chi connectivity index (χ3n) is 4.40. The smallest absolute Gasteiger partial charge is 0.165 e. The van der Waals surface area contributed by atoms with Crippen LogP contribution in [0.4, 0.5) is 5.69 Å². The molecule has 0 radical (unpaired) electrons. The van der Waals surface area contributed by atoms with Crippen LogP contribution in [0.5, 0.6) is 5.75 Å². The fourth-order valence-corrected chi connectivity index (χ4v) is 2.87. The minimum Gasteiger partial charge on any atom is -0.497 e. The molecule has 132 valence electrons. The summed E-state index contributed by atoms with van der Waals surface area (Å²) < 4.78 is 5.24. The number of hydrogen-bond acceptors (Lipinski definition) is 3. The van der Waals surface area contributed by atoms with Gasteiger partial charge in [-0.2, -0.15) is 0 Å². The number of para-hydroxylation sites is 1. The first kappa shape index (κ1) is 17.7. The standard InChI is InChI=1S/C23H23NO2/c1-17-8-10-19(11-9-17)23(25)16-22(24-20-6-4-3-5-7-20)18-12-14-21(26-2)15-13-18/h3-15,22,24H,16H2,1-2H3. The summed E-state index contributed by atoms with van der Waals surface area (Å²) in [7, 11) is 1.65. The highest BCUT2D eigenvalue weighted by molar-refractivity contribution is 5.96. The number of ketones is 1. The van der Waals surface area contributed by atoms with Gasteiger partial charge in [-0.25, -0.2) is 0 Å². The number of ether oxygens (including phenoxy) is 1. The molecule has 3 nitrogen and oxygen atoms in total. The molecule has 0 fully saturated rings. The second kappa shape index (κ2) is 8.34. The molecule has 3 aromatic carbocycles. The lowest BCUT2D eigenvalue weighted by Crippen LogP contribution is -2.16. The number of anilines is 1. The predicted molar refractivity (Wildman–Crippen MR) is 106 cm³/mol. The molecule has 0 aliphatic carbocycles. The lowest BCUT2D eigenvalue weighted by molar-refractivity contribution is 0.0976. The van der Waals surface area contributed by atoms with E-state index in [0.29, 0.717) is 6.42 Å². The van der Waals surface area contributed by atoms with Crippen LogP contribution in [0, 0.1) is 6.92 Å². The van der Waals surface area contributed by atoms with Gasteiger partial charge in [0.2, 0.25) is 0 Å². The van der Waals surface area contributed by atoms with Crippen molar-refractivity contribution in [2.24, 2.45) is 0 Å². The molecule has 0 heterocycles. The molecule has 0 spiro atoms. The average Bonchev–Trinajstić information content (AvgIpc) is 2.69. The van der Waals surface area contributed by atoms with Crippen LogP contribution in [-0.2, 0) is 0 Å². The van der Waals surface area contributed by atoms with E-state index in [2.05, 4.69) is 5.32 Å². The summed E-state index contributed by atoms with van der Waals surface area (Å²) in [5.41, 5.74) is 3.93. The largest absolute Gasteiger partial charge is 0.497 e. The maximum absolute atomic E-state index is 12.8. The lowest BCUT2D eigenvalue weighted by Gasteiger charge is -2.20. The number of benzene rings is 3. The zero-order valence-corrected chi connectivity index (χ0v) is 15.1. The van der Waals surface area contributed by atoms with Crippen LogP contribution >= 0.6 is 0 Å². The van der Waals surface area contributed by atoms with Crippen LogP contribution < -0.4 is 10.1 Å². The maximum atomic E-state index is 12.8. The van der Waals surface area contributed by atoms with Crippen molar-refractivity contribution in [2.75, 3.05) is 12.4 Å². The summed E-state index contributed by atoms with van der Waals surface area (Å²) >= 11 is 0. The van der Waals surface area contributed by atoms with Crippen LogP contribution in [0.15, 0.2) is 78.9 Å². The van der Waals surface area contributed by atoms with E-state index in [9.17, 15) is 4.79 Å². The van der Waals surface area contributed by atoms with Crippen molar-refractivity contribution in [2.45, 2.75) is 19.4 Å². The van der Waals surface area contributed by atoms with Gasteiger partial charge in [-0.3, -0.25) is 4.79 Å². The average molecular weight is 345 g/mol. The molecule has 0 amide bonds. The summed E-state index contributed by atoms with van der Waals surface area (Å²) in [6.45, 7) is 2.02. The van der Waals surface area contributed by atoms with Crippen molar-refractivity contribution < 1.29 is 9.53 Å². The Labute approximate surface area is 154 Å². The quantitative estimate of drug-likeness (QED) is 0.580. The molecular formula is C23H23NO2. The summed E-state index contributed by atoms with van der Waals surface area (Å²) in [6, 6.07) is 25.4. The van der Waals surface area contributed by atoms with Gasteiger partial charge < -0.3 is 10.1 Å².